The van der Waals surface area contributed by atoms with Gasteiger partial charge in [0.1, 0.15) is 17.0 Å². The summed E-state index contributed by atoms with van der Waals surface area (Å²) in [4.78, 5) is 0. The molecule has 0 saturated carbocycles. The highest BCUT2D eigenvalue weighted by Gasteiger charge is 2.71. The molecule has 0 spiro atoms. The first kappa shape index (κ1) is 8.20. The van der Waals surface area contributed by atoms with Crippen LogP contribution in [0.15, 0.2) is 0 Å². The van der Waals surface area contributed by atoms with Crippen molar-refractivity contribution >= 4 is 10.1 Å². The van der Waals surface area contributed by atoms with Gasteiger partial charge in [-0.15, -0.1) is 0 Å². The molecule has 5 atom stereocenters. The number of hydrogen-bond acceptors (Lipinski definition) is 4. The summed E-state index contributed by atoms with van der Waals surface area (Å²) in [6.45, 7) is 3.73. The fourth-order valence-corrected chi connectivity index (χ4v) is 4.39. The van der Waals surface area contributed by atoms with Crippen molar-refractivity contribution in [3.8, 4) is 0 Å². The molecule has 0 aliphatic carbocycles. The van der Waals surface area contributed by atoms with Crippen LogP contribution in [0.1, 0.15) is 20.3 Å². The minimum absolute atomic E-state index is 0.0808. The Balaban J connectivity index is 2.18. The average Bonchev–Trinajstić information content (AvgIpc) is 2.53. The van der Waals surface area contributed by atoms with E-state index in [0.717, 1.165) is 0 Å². The van der Waals surface area contributed by atoms with Gasteiger partial charge in [-0.05, 0) is 13.3 Å². The van der Waals surface area contributed by atoms with Gasteiger partial charge in [-0.3, -0.25) is 4.18 Å². The van der Waals surface area contributed by atoms with Gasteiger partial charge in [0.15, 0.2) is 0 Å². The second kappa shape index (κ2) is 1.94. The van der Waals surface area contributed by atoms with E-state index in [1.165, 1.54) is 0 Å². The van der Waals surface area contributed by atoms with Crippen molar-refractivity contribution in [3.05, 3.63) is 0 Å². The van der Waals surface area contributed by atoms with Crippen LogP contribution < -0.4 is 0 Å². The fraction of sp³-hybridized carbons (Fsp3) is 1.00. The van der Waals surface area contributed by atoms with Crippen LogP contribution in [-0.4, -0.2) is 31.5 Å². The van der Waals surface area contributed by atoms with Crippen molar-refractivity contribution in [1.82, 2.24) is 0 Å². The summed E-state index contributed by atoms with van der Waals surface area (Å²) in [5, 5.41) is 0. The molecule has 74 valence electrons. The molecule has 2 bridgehead atoms. The first-order valence-corrected chi connectivity index (χ1v) is 5.95. The zero-order valence-electron chi connectivity index (χ0n) is 7.56. The minimum Gasteiger partial charge on any atom is -0.370 e. The molecule has 3 aliphatic heterocycles. The standard InChI is InChI=1S/C8H12O4S/c1-4-5-3-8(2)7(11-5)6(4)12-13(8,9)10/h4-7H,3H2,1-2H3/t4?,5?,6?,7?,8-/m0/s1. The van der Waals surface area contributed by atoms with E-state index in [4.69, 9.17) is 8.92 Å². The monoisotopic (exact) mass is 204 g/mol. The average molecular weight is 204 g/mol. The first-order chi connectivity index (χ1) is 5.96. The molecule has 3 rings (SSSR count). The normalized spacial score (nSPS) is 61.7. The van der Waals surface area contributed by atoms with Crippen molar-refractivity contribution in [2.45, 2.75) is 43.3 Å². The van der Waals surface area contributed by atoms with E-state index in [-0.39, 0.29) is 24.2 Å². The van der Waals surface area contributed by atoms with Gasteiger partial charge in [0.25, 0.3) is 10.1 Å². The van der Waals surface area contributed by atoms with Crippen molar-refractivity contribution in [2.75, 3.05) is 0 Å². The molecule has 0 amide bonds. The molecule has 3 aliphatic rings. The Kier molecular flexibility index (Phi) is 1.23. The van der Waals surface area contributed by atoms with E-state index in [9.17, 15) is 8.42 Å². The smallest absolute Gasteiger partial charge is 0.276 e. The van der Waals surface area contributed by atoms with E-state index < -0.39 is 14.9 Å². The molecule has 0 aromatic carbocycles. The van der Waals surface area contributed by atoms with Crippen LogP contribution in [0.2, 0.25) is 0 Å². The third kappa shape index (κ3) is 0.692. The maximum Gasteiger partial charge on any atom is 0.276 e. The molecule has 0 radical (unpaired) electrons. The minimum atomic E-state index is -3.39. The van der Waals surface area contributed by atoms with Gasteiger partial charge < -0.3 is 4.74 Å². The molecule has 3 heterocycles. The van der Waals surface area contributed by atoms with E-state index in [0.29, 0.717) is 6.42 Å². The molecular weight excluding hydrogens is 192 g/mol. The fourth-order valence-electron chi connectivity index (χ4n) is 2.76. The second-order valence-electron chi connectivity index (χ2n) is 4.49. The van der Waals surface area contributed by atoms with Crippen molar-refractivity contribution in [1.29, 1.82) is 0 Å². The number of ether oxygens (including phenoxy) is 1. The van der Waals surface area contributed by atoms with Gasteiger partial charge in [-0.25, -0.2) is 0 Å². The van der Waals surface area contributed by atoms with Crippen LogP contribution in [0.5, 0.6) is 0 Å². The maximum absolute atomic E-state index is 11.6. The number of fused-ring (bicyclic) bond motifs is 1. The summed E-state index contributed by atoms with van der Waals surface area (Å²) in [6.07, 6.45) is 0.223. The maximum atomic E-state index is 11.6. The summed E-state index contributed by atoms with van der Waals surface area (Å²) in [6, 6.07) is 0. The van der Waals surface area contributed by atoms with Crippen molar-refractivity contribution in [3.63, 3.8) is 0 Å². The Labute approximate surface area is 77.3 Å². The molecule has 13 heavy (non-hydrogen) atoms. The van der Waals surface area contributed by atoms with Gasteiger partial charge >= 0.3 is 0 Å². The third-order valence-electron chi connectivity index (χ3n) is 3.74. The quantitative estimate of drug-likeness (QED) is 0.532. The van der Waals surface area contributed by atoms with Crippen LogP contribution in [0.25, 0.3) is 0 Å². The van der Waals surface area contributed by atoms with Crippen LogP contribution >= 0.6 is 0 Å². The topological polar surface area (TPSA) is 52.6 Å². The Bertz CT molecular complexity index is 362. The van der Waals surface area contributed by atoms with Crippen molar-refractivity contribution in [2.24, 2.45) is 5.92 Å². The summed E-state index contributed by atoms with van der Waals surface area (Å²) >= 11 is 0. The second-order valence-corrected chi connectivity index (χ2v) is 6.52. The van der Waals surface area contributed by atoms with Gasteiger partial charge in [-0.1, -0.05) is 6.92 Å². The van der Waals surface area contributed by atoms with Gasteiger partial charge in [0.05, 0.1) is 6.10 Å². The molecular formula is C8H12O4S. The Morgan fingerprint density at radius 3 is 2.69 bits per heavy atom. The largest absolute Gasteiger partial charge is 0.370 e. The SMILES string of the molecule is CC1C2C[C@@]3(C)C(O2)C1OS3(=O)=O. The van der Waals surface area contributed by atoms with E-state index >= 15 is 0 Å². The van der Waals surface area contributed by atoms with E-state index in [1.54, 1.807) is 6.92 Å². The van der Waals surface area contributed by atoms with E-state index in [2.05, 4.69) is 0 Å². The molecule has 4 unspecified atom stereocenters. The highest BCUT2D eigenvalue weighted by Crippen LogP contribution is 2.55. The van der Waals surface area contributed by atoms with Gasteiger partial charge in [-0.2, -0.15) is 8.42 Å². The third-order valence-corrected chi connectivity index (χ3v) is 5.76. The highest BCUT2D eigenvalue weighted by atomic mass is 32.2. The Hall–Kier alpha value is -0.130. The lowest BCUT2D eigenvalue weighted by Crippen LogP contribution is -2.42. The molecule has 5 heteroatoms. The summed E-state index contributed by atoms with van der Waals surface area (Å²) < 4.78 is 33.2. The first-order valence-electron chi connectivity index (χ1n) is 4.54. The van der Waals surface area contributed by atoms with Crippen LogP contribution in [0.3, 0.4) is 0 Å². The summed E-state index contributed by atoms with van der Waals surface area (Å²) in [5.41, 5.74) is 0. The molecule has 0 aromatic heterocycles. The molecule has 3 fully saturated rings. The Morgan fingerprint density at radius 1 is 1.46 bits per heavy atom. The molecule has 0 N–H and O–H groups in total. The predicted molar refractivity (Wildman–Crippen MR) is 44.6 cm³/mol. The Morgan fingerprint density at radius 2 is 2.15 bits per heavy atom. The molecule has 0 aromatic rings. The number of rotatable bonds is 0. The van der Waals surface area contributed by atoms with Crippen LogP contribution in [0, 0.1) is 5.92 Å². The number of hydrogen-bond donors (Lipinski definition) is 0. The zero-order chi connectivity index (χ0) is 9.43. The molecule has 3 saturated heterocycles. The lowest BCUT2D eigenvalue weighted by molar-refractivity contribution is 0.0760. The van der Waals surface area contributed by atoms with Crippen LogP contribution in [-0.2, 0) is 19.0 Å². The summed E-state index contributed by atoms with van der Waals surface area (Å²) in [5.74, 6) is 0.218. The predicted octanol–water partition coefficient (Wildman–Crippen LogP) is 0.281. The van der Waals surface area contributed by atoms with Gasteiger partial charge in [0.2, 0.25) is 0 Å². The van der Waals surface area contributed by atoms with E-state index in [1.807, 2.05) is 6.92 Å². The van der Waals surface area contributed by atoms with Crippen molar-refractivity contribution < 1.29 is 17.3 Å². The zero-order valence-corrected chi connectivity index (χ0v) is 8.37. The van der Waals surface area contributed by atoms with Gasteiger partial charge in [0, 0.05) is 5.92 Å². The molecule has 4 nitrogen and oxygen atoms in total. The lowest BCUT2D eigenvalue weighted by Gasteiger charge is -2.23. The van der Waals surface area contributed by atoms with Crippen LogP contribution in [0.4, 0.5) is 0 Å². The highest BCUT2D eigenvalue weighted by molar-refractivity contribution is 7.88. The lowest BCUT2D eigenvalue weighted by atomic mass is 9.81. The summed E-state index contributed by atoms with van der Waals surface area (Å²) in [7, 11) is -3.39.